The van der Waals surface area contributed by atoms with E-state index in [1.807, 2.05) is 26.0 Å². The molecule has 100 valence electrons. The lowest BCUT2D eigenvalue weighted by molar-refractivity contribution is 0.0697. The van der Waals surface area contributed by atoms with Crippen molar-refractivity contribution in [3.8, 4) is 0 Å². The number of nitrogens with two attached hydrogens (primary N) is 1. The zero-order valence-corrected chi connectivity index (χ0v) is 11.2. The van der Waals surface area contributed by atoms with Gasteiger partial charge in [-0.05, 0) is 45.3 Å². The van der Waals surface area contributed by atoms with Crippen LogP contribution in [-0.4, -0.2) is 50.2 Å². The second-order valence-corrected chi connectivity index (χ2v) is 4.66. The van der Waals surface area contributed by atoms with Gasteiger partial charge < -0.3 is 20.6 Å². The molecule has 1 aromatic carbocycles. The molecule has 0 unspecified atom stereocenters. The standard InChI is InChI=1S/C13H21N3O2/c1-15(2)7-4-8-16(3)12-9-10(13(17)18)5-6-11(12)14/h5-6,9H,4,7-8,14H2,1-3H3,(H,17,18). The summed E-state index contributed by atoms with van der Waals surface area (Å²) in [6.07, 6.45) is 1.00. The number of hydrogen-bond donors (Lipinski definition) is 2. The van der Waals surface area contributed by atoms with Gasteiger partial charge in [-0.3, -0.25) is 0 Å². The first-order valence-electron chi connectivity index (χ1n) is 5.90. The van der Waals surface area contributed by atoms with Crippen LogP contribution in [0.15, 0.2) is 18.2 Å². The van der Waals surface area contributed by atoms with Crippen LogP contribution in [0.2, 0.25) is 0 Å². The summed E-state index contributed by atoms with van der Waals surface area (Å²) in [6.45, 7) is 1.83. The van der Waals surface area contributed by atoms with Gasteiger partial charge in [-0.1, -0.05) is 0 Å². The van der Waals surface area contributed by atoms with Crippen LogP contribution in [0.3, 0.4) is 0 Å². The number of carboxylic acids is 1. The van der Waals surface area contributed by atoms with E-state index in [-0.39, 0.29) is 5.56 Å². The van der Waals surface area contributed by atoms with Gasteiger partial charge in [0.05, 0.1) is 16.9 Å². The van der Waals surface area contributed by atoms with Crippen LogP contribution in [0.25, 0.3) is 0 Å². The Bertz CT molecular complexity index is 419. The van der Waals surface area contributed by atoms with Crippen molar-refractivity contribution in [2.24, 2.45) is 0 Å². The third kappa shape index (κ3) is 3.92. The van der Waals surface area contributed by atoms with Gasteiger partial charge in [0.2, 0.25) is 0 Å². The summed E-state index contributed by atoms with van der Waals surface area (Å²) in [6, 6.07) is 4.78. The molecule has 0 spiro atoms. The Labute approximate surface area is 108 Å². The highest BCUT2D eigenvalue weighted by Crippen LogP contribution is 2.23. The zero-order chi connectivity index (χ0) is 13.7. The molecule has 0 aliphatic carbocycles. The minimum Gasteiger partial charge on any atom is -0.478 e. The van der Waals surface area contributed by atoms with E-state index >= 15 is 0 Å². The average molecular weight is 251 g/mol. The molecule has 0 saturated carbocycles. The van der Waals surface area contributed by atoms with E-state index in [9.17, 15) is 4.79 Å². The molecule has 1 rings (SSSR count). The summed E-state index contributed by atoms with van der Waals surface area (Å²) in [4.78, 5) is 15.0. The SMILES string of the molecule is CN(C)CCCN(C)c1cc(C(=O)O)ccc1N. The number of benzene rings is 1. The molecule has 0 fully saturated rings. The van der Waals surface area contributed by atoms with Crippen LogP contribution in [0, 0.1) is 0 Å². The molecule has 5 heteroatoms. The second kappa shape index (κ2) is 6.26. The highest BCUT2D eigenvalue weighted by Gasteiger charge is 2.10. The van der Waals surface area contributed by atoms with Crippen molar-refractivity contribution in [1.29, 1.82) is 0 Å². The van der Waals surface area contributed by atoms with Gasteiger partial charge in [0.15, 0.2) is 0 Å². The monoisotopic (exact) mass is 251 g/mol. The van der Waals surface area contributed by atoms with Gasteiger partial charge >= 0.3 is 5.97 Å². The van der Waals surface area contributed by atoms with Crippen molar-refractivity contribution in [3.63, 3.8) is 0 Å². The molecular weight excluding hydrogens is 230 g/mol. The minimum atomic E-state index is -0.932. The fourth-order valence-corrected chi connectivity index (χ4v) is 1.75. The number of rotatable bonds is 6. The fourth-order valence-electron chi connectivity index (χ4n) is 1.75. The smallest absolute Gasteiger partial charge is 0.335 e. The largest absolute Gasteiger partial charge is 0.478 e. The minimum absolute atomic E-state index is 0.263. The van der Waals surface area contributed by atoms with Gasteiger partial charge in [0.1, 0.15) is 0 Å². The average Bonchev–Trinajstić information content (AvgIpc) is 2.28. The van der Waals surface area contributed by atoms with E-state index in [2.05, 4.69) is 4.90 Å². The molecular formula is C13H21N3O2. The summed E-state index contributed by atoms with van der Waals surface area (Å²) >= 11 is 0. The maximum Gasteiger partial charge on any atom is 0.335 e. The van der Waals surface area contributed by atoms with Gasteiger partial charge in [-0.15, -0.1) is 0 Å². The predicted octanol–water partition coefficient (Wildman–Crippen LogP) is 1.35. The van der Waals surface area contributed by atoms with Crippen molar-refractivity contribution in [3.05, 3.63) is 23.8 Å². The number of aromatic carboxylic acids is 1. The lowest BCUT2D eigenvalue weighted by Gasteiger charge is -2.22. The maximum atomic E-state index is 10.9. The first kappa shape index (κ1) is 14.3. The first-order valence-corrected chi connectivity index (χ1v) is 5.90. The molecule has 0 aromatic heterocycles. The molecule has 0 saturated heterocycles. The molecule has 0 bridgehead atoms. The van der Waals surface area contributed by atoms with Crippen molar-refractivity contribution in [1.82, 2.24) is 4.90 Å². The topological polar surface area (TPSA) is 69.8 Å². The highest BCUT2D eigenvalue weighted by atomic mass is 16.4. The van der Waals surface area contributed by atoms with Gasteiger partial charge in [-0.2, -0.15) is 0 Å². The fraction of sp³-hybridized carbons (Fsp3) is 0.462. The van der Waals surface area contributed by atoms with E-state index in [0.29, 0.717) is 5.69 Å². The van der Waals surface area contributed by atoms with Crippen molar-refractivity contribution in [2.45, 2.75) is 6.42 Å². The van der Waals surface area contributed by atoms with Crippen LogP contribution >= 0.6 is 0 Å². The Morgan fingerprint density at radius 1 is 1.28 bits per heavy atom. The molecule has 0 atom stereocenters. The molecule has 0 amide bonds. The maximum absolute atomic E-state index is 10.9. The van der Waals surface area contributed by atoms with Crippen LogP contribution in [-0.2, 0) is 0 Å². The van der Waals surface area contributed by atoms with Gasteiger partial charge in [-0.25, -0.2) is 4.79 Å². The number of carbonyl (C=O) groups is 1. The quantitative estimate of drug-likeness (QED) is 0.747. The lowest BCUT2D eigenvalue weighted by atomic mass is 10.1. The highest BCUT2D eigenvalue weighted by molar-refractivity contribution is 5.90. The van der Waals surface area contributed by atoms with Crippen molar-refractivity contribution in [2.75, 3.05) is 44.9 Å². The van der Waals surface area contributed by atoms with Crippen LogP contribution in [0.1, 0.15) is 16.8 Å². The van der Waals surface area contributed by atoms with Crippen molar-refractivity contribution >= 4 is 17.3 Å². The summed E-state index contributed by atoms with van der Waals surface area (Å²) in [5.74, 6) is -0.932. The molecule has 5 nitrogen and oxygen atoms in total. The van der Waals surface area contributed by atoms with E-state index in [0.717, 1.165) is 25.2 Å². The number of hydrogen-bond acceptors (Lipinski definition) is 4. The summed E-state index contributed by atoms with van der Waals surface area (Å²) in [5.41, 5.74) is 7.52. The van der Waals surface area contributed by atoms with E-state index < -0.39 is 5.97 Å². The molecule has 0 aliphatic rings. The van der Waals surface area contributed by atoms with Gasteiger partial charge in [0, 0.05) is 13.6 Å². The number of anilines is 2. The Kier molecular flexibility index (Phi) is 4.97. The van der Waals surface area contributed by atoms with Crippen molar-refractivity contribution < 1.29 is 9.90 Å². The number of carboxylic acid groups (broad SMARTS) is 1. The second-order valence-electron chi connectivity index (χ2n) is 4.66. The van der Waals surface area contributed by atoms with Crippen LogP contribution in [0.5, 0.6) is 0 Å². The third-order valence-corrected chi connectivity index (χ3v) is 2.79. The number of nitrogens with zero attached hydrogens (tertiary/aromatic N) is 2. The van der Waals surface area contributed by atoms with E-state index in [4.69, 9.17) is 10.8 Å². The third-order valence-electron chi connectivity index (χ3n) is 2.79. The molecule has 0 heterocycles. The summed E-state index contributed by atoms with van der Waals surface area (Å²) < 4.78 is 0. The Hall–Kier alpha value is -1.75. The molecule has 0 radical (unpaired) electrons. The van der Waals surface area contributed by atoms with E-state index in [1.165, 1.54) is 6.07 Å². The zero-order valence-electron chi connectivity index (χ0n) is 11.2. The van der Waals surface area contributed by atoms with Crippen LogP contribution < -0.4 is 10.6 Å². The summed E-state index contributed by atoms with van der Waals surface area (Å²) in [5, 5.41) is 8.96. The Morgan fingerprint density at radius 2 is 1.94 bits per heavy atom. The number of nitrogen functional groups attached to an aromatic ring is 1. The normalized spacial score (nSPS) is 10.7. The Morgan fingerprint density at radius 3 is 2.50 bits per heavy atom. The molecule has 18 heavy (non-hydrogen) atoms. The van der Waals surface area contributed by atoms with E-state index in [1.54, 1.807) is 12.1 Å². The molecule has 1 aromatic rings. The molecule has 3 N–H and O–H groups in total. The van der Waals surface area contributed by atoms with Crippen LogP contribution in [0.4, 0.5) is 11.4 Å². The van der Waals surface area contributed by atoms with Gasteiger partial charge in [0.25, 0.3) is 0 Å². The Balaban J connectivity index is 2.74. The molecule has 0 aliphatic heterocycles. The summed E-state index contributed by atoms with van der Waals surface area (Å²) in [7, 11) is 5.98. The lowest BCUT2D eigenvalue weighted by Crippen LogP contribution is -2.24. The first-order chi connectivity index (χ1) is 8.41. The predicted molar refractivity (Wildman–Crippen MR) is 74.3 cm³/mol.